The maximum atomic E-state index is 5.47. The number of rotatable bonds is 35. The summed E-state index contributed by atoms with van der Waals surface area (Å²) in [5.74, 6) is 0. The van der Waals surface area contributed by atoms with Crippen LogP contribution in [0.4, 0.5) is 0 Å². The van der Waals surface area contributed by atoms with Crippen molar-refractivity contribution in [2.75, 3.05) is 92.5 Å². The van der Waals surface area contributed by atoms with Crippen LogP contribution >= 0.6 is 0 Å². The number of hydrogen-bond acceptors (Lipinski definition) is 8. The minimum Gasteiger partial charge on any atom is -0.379 e. The van der Waals surface area contributed by atoms with Crippen LogP contribution in [-0.4, -0.2) is 92.5 Å². The molecule has 0 amide bonds. The Balaban J connectivity index is 3.01. The predicted octanol–water partition coefficient (Wildman–Crippen LogP) is 6.54. The molecule has 8 nitrogen and oxygen atoms in total. The van der Waals surface area contributed by atoms with Crippen molar-refractivity contribution in [3.05, 3.63) is 0 Å². The van der Waals surface area contributed by atoms with Crippen LogP contribution in [0.15, 0.2) is 0 Å². The monoisotopic (exact) mass is 550 g/mol. The van der Waals surface area contributed by atoms with Crippen molar-refractivity contribution in [1.29, 1.82) is 0 Å². The van der Waals surface area contributed by atoms with Gasteiger partial charge in [-0.05, 0) is 13.3 Å². The second-order valence-electron chi connectivity index (χ2n) is 9.50. The SMILES string of the molecule is CCCCCCCCCCCCCCCCOOCCOCCOCCOCCOCCOCCOCC. The average molecular weight is 551 g/mol. The first-order chi connectivity index (χ1) is 18.9. The summed E-state index contributed by atoms with van der Waals surface area (Å²) in [6, 6.07) is 0. The van der Waals surface area contributed by atoms with Gasteiger partial charge in [0.05, 0.1) is 79.3 Å². The van der Waals surface area contributed by atoms with Gasteiger partial charge in [0.25, 0.3) is 0 Å². The van der Waals surface area contributed by atoms with Crippen molar-refractivity contribution >= 4 is 0 Å². The summed E-state index contributed by atoms with van der Waals surface area (Å²) in [6.45, 7) is 12.2. The van der Waals surface area contributed by atoms with Crippen LogP contribution in [0.2, 0.25) is 0 Å². The third kappa shape index (κ3) is 35.7. The molecule has 0 saturated heterocycles. The molecule has 230 valence electrons. The summed E-state index contributed by atoms with van der Waals surface area (Å²) >= 11 is 0. The van der Waals surface area contributed by atoms with E-state index in [1.807, 2.05) is 6.92 Å². The van der Waals surface area contributed by atoms with E-state index in [1.54, 1.807) is 0 Å². The number of unbranched alkanes of at least 4 members (excludes halogenated alkanes) is 13. The van der Waals surface area contributed by atoms with E-state index in [4.69, 9.17) is 38.2 Å². The lowest BCUT2D eigenvalue weighted by atomic mass is 10.0. The highest BCUT2D eigenvalue weighted by Crippen LogP contribution is 2.12. The molecule has 0 aromatic rings. The maximum Gasteiger partial charge on any atom is 0.106 e. The smallest absolute Gasteiger partial charge is 0.106 e. The fourth-order valence-electron chi connectivity index (χ4n) is 3.81. The van der Waals surface area contributed by atoms with E-state index in [0.717, 1.165) is 13.0 Å². The van der Waals surface area contributed by atoms with Crippen LogP contribution in [0.3, 0.4) is 0 Å². The molecule has 0 spiro atoms. The lowest BCUT2D eigenvalue weighted by molar-refractivity contribution is -0.299. The van der Waals surface area contributed by atoms with Gasteiger partial charge in [-0.25, -0.2) is 9.78 Å². The van der Waals surface area contributed by atoms with E-state index >= 15 is 0 Å². The fraction of sp³-hybridized carbons (Fsp3) is 1.00. The molecule has 0 aliphatic heterocycles. The predicted molar refractivity (Wildman–Crippen MR) is 153 cm³/mol. The Morgan fingerprint density at radius 1 is 0.263 bits per heavy atom. The lowest BCUT2D eigenvalue weighted by Crippen LogP contribution is -2.14. The van der Waals surface area contributed by atoms with Gasteiger partial charge in [0.15, 0.2) is 0 Å². The molecule has 38 heavy (non-hydrogen) atoms. The van der Waals surface area contributed by atoms with E-state index in [1.165, 1.54) is 83.5 Å². The largest absolute Gasteiger partial charge is 0.379 e. The van der Waals surface area contributed by atoms with E-state index in [2.05, 4.69) is 6.92 Å². The van der Waals surface area contributed by atoms with E-state index in [0.29, 0.717) is 85.9 Å². The molecule has 0 bridgehead atoms. The van der Waals surface area contributed by atoms with E-state index < -0.39 is 0 Å². The quantitative estimate of drug-likeness (QED) is 0.0501. The summed E-state index contributed by atoms with van der Waals surface area (Å²) in [4.78, 5) is 10.4. The van der Waals surface area contributed by atoms with Gasteiger partial charge in [0, 0.05) is 6.61 Å². The molecule has 0 fully saturated rings. The molecular formula is C30H62O8. The van der Waals surface area contributed by atoms with Crippen molar-refractivity contribution < 1.29 is 38.2 Å². The minimum atomic E-state index is 0.444. The Labute approximate surface area is 234 Å². The first kappa shape index (κ1) is 37.7. The van der Waals surface area contributed by atoms with Gasteiger partial charge in [-0.15, -0.1) is 0 Å². The van der Waals surface area contributed by atoms with Crippen LogP contribution in [0.1, 0.15) is 104 Å². The molecule has 0 saturated carbocycles. The Kier molecular flexibility index (Phi) is 36.4. The number of hydrogen-bond donors (Lipinski definition) is 0. The Morgan fingerprint density at radius 2 is 0.553 bits per heavy atom. The van der Waals surface area contributed by atoms with E-state index in [-0.39, 0.29) is 0 Å². The van der Waals surface area contributed by atoms with Crippen LogP contribution in [0, 0.1) is 0 Å². The molecule has 8 heteroatoms. The van der Waals surface area contributed by atoms with Crippen molar-refractivity contribution in [3.8, 4) is 0 Å². The van der Waals surface area contributed by atoms with Crippen molar-refractivity contribution in [3.63, 3.8) is 0 Å². The Morgan fingerprint density at radius 3 is 0.921 bits per heavy atom. The topological polar surface area (TPSA) is 73.8 Å². The van der Waals surface area contributed by atoms with E-state index in [9.17, 15) is 0 Å². The minimum absolute atomic E-state index is 0.444. The van der Waals surface area contributed by atoms with Crippen LogP contribution < -0.4 is 0 Å². The van der Waals surface area contributed by atoms with Crippen LogP contribution in [-0.2, 0) is 38.2 Å². The van der Waals surface area contributed by atoms with Crippen molar-refractivity contribution in [1.82, 2.24) is 0 Å². The molecule has 0 aliphatic carbocycles. The average Bonchev–Trinajstić information content (AvgIpc) is 2.93. The molecule has 0 aromatic heterocycles. The summed E-state index contributed by atoms with van der Waals surface area (Å²) < 4.78 is 32.4. The normalized spacial score (nSPS) is 11.5. The lowest BCUT2D eigenvalue weighted by Gasteiger charge is -2.08. The summed E-state index contributed by atoms with van der Waals surface area (Å²) in [7, 11) is 0. The van der Waals surface area contributed by atoms with Gasteiger partial charge in [-0.3, -0.25) is 0 Å². The molecule has 0 aromatic carbocycles. The van der Waals surface area contributed by atoms with Crippen LogP contribution in [0.25, 0.3) is 0 Å². The molecule has 0 aliphatic rings. The Bertz CT molecular complexity index is 364. The van der Waals surface area contributed by atoms with Gasteiger partial charge in [-0.2, -0.15) is 0 Å². The van der Waals surface area contributed by atoms with Gasteiger partial charge in [0.1, 0.15) is 6.61 Å². The molecule has 0 rings (SSSR count). The fourth-order valence-corrected chi connectivity index (χ4v) is 3.81. The third-order valence-corrected chi connectivity index (χ3v) is 6.04. The highest BCUT2D eigenvalue weighted by Gasteiger charge is 1.97. The molecule has 0 N–H and O–H groups in total. The number of ether oxygens (including phenoxy) is 6. The summed E-state index contributed by atoms with van der Waals surface area (Å²) in [6.07, 6.45) is 19.0. The first-order valence-corrected chi connectivity index (χ1v) is 15.6. The molecule has 0 heterocycles. The molecular weight excluding hydrogens is 488 g/mol. The molecule has 0 unspecified atom stereocenters. The molecule has 0 radical (unpaired) electrons. The first-order valence-electron chi connectivity index (χ1n) is 15.6. The standard InChI is InChI=1S/C30H62O8/c1-3-5-6-7-8-9-10-11-12-13-14-15-16-17-18-37-38-30-29-36-28-27-35-26-25-34-24-23-33-22-21-32-20-19-31-4-2/h3-30H2,1-2H3. The zero-order chi connectivity index (χ0) is 27.5. The summed E-state index contributed by atoms with van der Waals surface area (Å²) in [5, 5.41) is 0. The van der Waals surface area contributed by atoms with Crippen molar-refractivity contribution in [2.24, 2.45) is 0 Å². The van der Waals surface area contributed by atoms with Gasteiger partial charge in [0.2, 0.25) is 0 Å². The van der Waals surface area contributed by atoms with Gasteiger partial charge < -0.3 is 28.4 Å². The third-order valence-electron chi connectivity index (χ3n) is 6.04. The second-order valence-corrected chi connectivity index (χ2v) is 9.50. The zero-order valence-corrected chi connectivity index (χ0v) is 25.1. The zero-order valence-electron chi connectivity index (χ0n) is 25.1. The second kappa shape index (κ2) is 36.7. The maximum absolute atomic E-state index is 5.47. The highest BCUT2D eigenvalue weighted by molar-refractivity contribution is 4.49. The molecule has 0 atom stereocenters. The van der Waals surface area contributed by atoms with Gasteiger partial charge in [-0.1, -0.05) is 90.4 Å². The van der Waals surface area contributed by atoms with Crippen LogP contribution in [0.5, 0.6) is 0 Å². The Hall–Kier alpha value is -0.320. The summed E-state index contributed by atoms with van der Waals surface area (Å²) in [5.41, 5.74) is 0. The highest BCUT2D eigenvalue weighted by atomic mass is 17.2. The van der Waals surface area contributed by atoms with Crippen molar-refractivity contribution in [2.45, 2.75) is 104 Å². The van der Waals surface area contributed by atoms with Gasteiger partial charge >= 0.3 is 0 Å².